The van der Waals surface area contributed by atoms with Crippen LogP contribution in [0.3, 0.4) is 0 Å². The lowest BCUT2D eigenvalue weighted by atomic mass is 10.2. The quantitative estimate of drug-likeness (QED) is 0.463. The molecule has 0 radical (unpaired) electrons. The van der Waals surface area contributed by atoms with Crippen LogP contribution in [-0.2, 0) is 3.79 Å². The van der Waals surface area contributed by atoms with Crippen LogP contribution in [-0.4, -0.2) is 0 Å². The van der Waals surface area contributed by atoms with Gasteiger partial charge >= 0.3 is 0 Å². The summed E-state index contributed by atoms with van der Waals surface area (Å²) in [7, 11) is 0. The second-order valence-corrected chi connectivity index (χ2v) is 4.50. The molecule has 1 aromatic carbocycles. The van der Waals surface area contributed by atoms with Gasteiger partial charge in [-0.15, -0.1) is 6.42 Å². The first-order valence-electron chi connectivity index (χ1n) is 3.18. The Morgan fingerprint density at radius 2 is 1.58 bits per heavy atom. The maximum atomic E-state index is 5.63. The molecule has 1 aromatic rings. The van der Waals surface area contributed by atoms with E-state index in [4.69, 9.17) is 41.2 Å². The molecule has 0 aliphatic carbocycles. The first-order chi connectivity index (χ1) is 5.54. The molecule has 62 valence electrons. The Hall–Kier alpha value is -0.350. The lowest BCUT2D eigenvalue weighted by molar-refractivity contribution is 1.24. The van der Waals surface area contributed by atoms with Crippen molar-refractivity contribution in [2.24, 2.45) is 0 Å². The Bertz CT molecular complexity index is 300. The summed E-state index contributed by atoms with van der Waals surface area (Å²) < 4.78 is -1.37. The highest BCUT2D eigenvalue weighted by Crippen LogP contribution is 2.37. The second kappa shape index (κ2) is 3.58. The molecule has 0 aromatic heterocycles. The second-order valence-electron chi connectivity index (χ2n) is 2.22. The maximum absolute atomic E-state index is 5.63. The summed E-state index contributed by atoms with van der Waals surface area (Å²) in [4.78, 5) is 0. The summed E-state index contributed by atoms with van der Waals surface area (Å²) in [6.07, 6.45) is 5.16. The molecule has 1 rings (SSSR count). The number of hydrogen-bond acceptors (Lipinski definition) is 0. The summed E-state index contributed by atoms with van der Waals surface area (Å²) in [5, 5.41) is 0. The topological polar surface area (TPSA) is 0 Å². The van der Waals surface area contributed by atoms with Crippen molar-refractivity contribution in [3.63, 3.8) is 0 Å². The van der Waals surface area contributed by atoms with Crippen molar-refractivity contribution < 1.29 is 0 Å². The molecule has 0 fully saturated rings. The van der Waals surface area contributed by atoms with Gasteiger partial charge in [0, 0.05) is 11.1 Å². The molecule has 0 aliphatic rings. The van der Waals surface area contributed by atoms with Crippen LogP contribution in [0.5, 0.6) is 0 Å². The van der Waals surface area contributed by atoms with Gasteiger partial charge in [0.2, 0.25) is 3.79 Å². The average Bonchev–Trinajstić information content (AvgIpc) is 2.03. The highest BCUT2D eigenvalue weighted by Gasteiger charge is 2.21. The Morgan fingerprint density at radius 3 is 1.92 bits per heavy atom. The minimum atomic E-state index is -1.37. The van der Waals surface area contributed by atoms with E-state index in [1.807, 2.05) is 0 Å². The number of halogens is 3. The standard InChI is InChI=1S/C9H5Cl3/c1-2-7-3-5-8(6-4-7)9(10,11)12/h1,3-6H. The Kier molecular flexibility index (Phi) is 2.90. The first kappa shape index (κ1) is 9.74. The monoisotopic (exact) mass is 218 g/mol. The van der Waals surface area contributed by atoms with Gasteiger partial charge in [-0.25, -0.2) is 0 Å². The molecule has 0 amide bonds. The fourth-order valence-electron chi connectivity index (χ4n) is 0.755. The molecule has 0 N–H and O–H groups in total. The fraction of sp³-hybridized carbons (Fsp3) is 0.111. The van der Waals surface area contributed by atoms with E-state index in [2.05, 4.69) is 5.92 Å². The zero-order valence-electron chi connectivity index (χ0n) is 6.02. The van der Waals surface area contributed by atoms with Crippen LogP contribution in [0.1, 0.15) is 11.1 Å². The average molecular weight is 219 g/mol. The molecule has 12 heavy (non-hydrogen) atoms. The highest BCUT2D eigenvalue weighted by atomic mass is 35.6. The van der Waals surface area contributed by atoms with Gasteiger partial charge in [0.05, 0.1) is 0 Å². The van der Waals surface area contributed by atoms with Crippen LogP contribution in [0, 0.1) is 12.3 Å². The number of benzene rings is 1. The SMILES string of the molecule is C#Cc1ccc(C(Cl)(Cl)Cl)cc1. The van der Waals surface area contributed by atoms with E-state index in [0.717, 1.165) is 5.56 Å². The largest absolute Gasteiger partial charge is 0.216 e. The predicted octanol–water partition coefficient (Wildman–Crippen LogP) is 3.49. The third-order valence-electron chi connectivity index (χ3n) is 1.38. The van der Waals surface area contributed by atoms with E-state index in [9.17, 15) is 0 Å². The van der Waals surface area contributed by atoms with Crippen molar-refractivity contribution in [3.8, 4) is 12.3 Å². The molecular formula is C9H5Cl3. The summed E-state index contributed by atoms with van der Waals surface area (Å²) in [5.41, 5.74) is 1.39. The van der Waals surface area contributed by atoms with Gasteiger partial charge in [0.25, 0.3) is 0 Å². The van der Waals surface area contributed by atoms with Crippen LogP contribution in [0.25, 0.3) is 0 Å². The summed E-state index contributed by atoms with van der Waals surface area (Å²) >= 11 is 16.9. The molecule has 0 nitrogen and oxygen atoms in total. The van der Waals surface area contributed by atoms with Crippen molar-refractivity contribution in [2.45, 2.75) is 3.79 Å². The molecule has 0 saturated heterocycles. The molecule has 0 heterocycles. The van der Waals surface area contributed by atoms with Crippen molar-refractivity contribution in [1.82, 2.24) is 0 Å². The Morgan fingerprint density at radius 1 is 1.08 bits per heavy atom. The summed E-state index contributed by atoms with van der Waals surface area (Å²) in [6, 6.07) is 6.86. The first-order valence-corrected chi connectivity index (χ1v) is 4.31. The predicted molar refractivity (Wildman–Crippen MR) is 53.6 cm³/mol. The van der Waals surface area contributed by atoms with Crippen molar-refractivity contribution in [3.05, 3.63) is 35.4 Å². The van der Waals surface area contributed by atoms with E-state index in [-0.39, 0.29) is 0 Å². The number of alkyl halides is 3. The molecular weight excluding hydrogens is 214 g/mol. The van der Waals surface area contributed by atoms with Gasteiger partial charge in [-0.05, 0) is 12.1 Å². The molecule has 0 aliphatic heterocycles. The minimum Gasteiger partial charge on any atom is -0.115 e. The van der Waals surface area contributed by atoms with E-state index in [0.29, 0.717) is 5.56 Å². The molecule has 0 bridgehead atoms. The molecule has 0 spiro atoms. The zero-order valence-corrected chi connectivity index (χ0v) is 8.29. The fourth-order valence-corrected chi connectivity index (χ4v) is 1.13. The van der Waals surface area contributed by atoms with Gasteiger partial charge in [0.15, 0.2) is 0 Å². The van der Waals surface area contributed by atoms with E-state index >= 15 is 0 Å². The normalized spacial score (nSPS) is 10.8. The Labute approximate surface area is 86.4 Å². The Balaban J connectivity index is 3.02. The van der Waals surface area contributed by atoms with Crippen LogP contribution < -0.4 is 0 Å². The van der Waals surface area contributed by atoms with Crippen molar-refractivity contribution in [2.75, 3.05) is 0 Å². The lowest BCUT2D eigenvalue weighted by Gasteiger charge is -2.10. The van der Waals surface area contributed by atoms with Crippen LogP contribution in [0.2, 0.25) is 0 Å². The van der Waals surface area contributed by atoms with Gasteiger partial charge < -0.3 is 0 Å². The van der Waals surface area contributed by atoms with E-state index in [1.165, 1.54) is 0 Å². The van der Waals surface area contributed by atoms with Crippen LogP contribution in [0.15, 0.2) is 24.3 Å². The molecule has 0 atom stereocenters. The van der Waals surface area contributed by atoms with Crippen molar-refractivity contribution >= 4 is 34.8 Å². The van der Waals surface area contributed by atoms with Gasteiger partial charge in [-0.2, -0.15) is 0 Å². The highest BCUT2D eigenvalue weighted by molar-refractivity contribution is 6.66. The third-order valence-corrected chi connectivity index (χ3v) is 2.03. The summed E-state index contributed by atoms with van der Waals surface area (Å²) in [6.45, 7) is 0. The van der Waals surface area contributed by atoms with Crippen molar-refractivity contribution in [1.29, 1.82) is 0 Å². The smallest absolute Gasteiger partial charge is 0.115 e. The lowest BCUT2D eigenvalue weighted by Crippen LogP contribution is -1.98. The van der Waals surface area contributed by atoms with Gasteiger partial charge in [0.1, 0.15) is 0 Å². The van der Waals surface area contributed by atoms with E-state index in [1.54, 1.807) is 24.3 Å². The molecule has 0 unspecified atom stereocenters. The molecule has 3 heteroatoms. The zero-order chi connectivity index (χ0) is 9.19. The third kappa shape index (κ3) is 2.32. The van der Waals surface area contributed by atoms with Crippen LogP contribution >= 0.6 is 34.8 Å². The minimum absolute atomic E-state index is 0.617. The number of terminal acetylenes is 1. The maximum Gasteiger partial charge on any atom is 0.216 e. The number of hydrogen-bond donors (Lipinski definition) is 0. The van der Waals surface area contributed by atoms with Gasteiger partial charge in [-0.1, -0.05) is 52.9 Å². The van der Waals surface area contributed by atoms with E-state index < -0.39 is 3.79 Å². The van der Waals surface area contributed by atoms with Crippen LogP contribution in [0.4, 0.5) is 0 Å². The van der Waals surface area contributed by atoms with Gasteiger partial charge in [-0.3, -0.25) is 0 Å². The summed E-state index contributed by atoms with van der Waals surface area (Å²) in [5.74, 6) is 2.48. The molecule has 0 saturated carbocycles. The number of rotatable bonds is 0.